The number of methoxy groups -OCH3 is 2. The van der Waals surface area contributed by atoms with Gasteiger partial charge in [0.1, 0.15) is 17.2 Å². The first-order chi connectivity index (χ1) is 7.83. The molecule has 0 aromatic heterocycles. The first-order valence-corrected chi connectivity index (χ1v) is 5.86. The molecule has 1 aromatic rings. The highest BCUT2D eigenvalue weighted by Gasteiger charge is 2.06. The van der Waals surface area contributed by atoms with Crippen LogP contribution in [0.15, 0.2) is 18.2 Å². The van der Waals surface area contributed by atoms with Gasteiger partial charge in [0.2, 0.25) is 0 Å². The quantitative estimate of drug-likeness (QED) is 0.294. The maximum Gasteiger partial charge on any atom is 0.466 e. The number of benzene rings is 1. The Morgan fingerprint density at radius 2 is 1.53 bits per heavy atom. The van der Waals surface area contributed by atoms with Gasteiger partial charge in [0.15, 0.2) is 0 Å². The molecule has 0 heterocycles. The number of hydrazine groups is 1. The fraction of sp³-hybridized carbons (Fsp3) is 0.250. The maximum absolute atomic E-state index is 8.88. The summed E-state index contributed by atoms with van der Waals surface area (Å²) < 4.78 is 19.0. The molecule has 0 saturated carbocycles. The molecule has 0 aliphatic heterocycles. The third kappa shape index (κ3) is 6.77. The lowest BCUT2D eigenvalue weighted by Gasteiger charge is -2.11. The van der Waals surface area contributed by atoms with E-state index in [1.807, 2.05) is 6.07 Å². The zero-order chi connectivity index (χ0) is 13.5. The molecule has 0 fully saturated rings. The molecule has 1 rings (SSSR count). The number of anilines is 1. The SMILES string of the molecule is COc1cccc(OC)c1NN.O=P(O)(O)O. The van der Waals surface area contributed by atoms with Gasteiger partial charge in [-0.15, -0.1) is 0 Å². The van der Waals surface area contributed by atoms with E-state index >= 15 is 0 Å². The lowest BCUT2D eigenvalue weighted by molar-refractivity contribution is 0.275. The van der Waals surface area contributed by atoms with Crippen molar-refractivity contribution >= 4 is 13.5 Å². The molecule has 6 N–H and O–H groups in total. The molecule has 0 bridgehead atoms. The van der Waals surface area contributed by atoms with Crippen LogP contribution >= 0.6 is 7.82 Å². The van der Waals surface area contributed by atoms with E-state index in [1.165, 1.54) is 0 Å². The minimum atomic E-state index is -4.64. The first-order valence-electron chi connectivity index (χ1n) is 4.29. The van der Waals surface area contributed by atoms with E-state index in [0.717, 1.165) is 0 Å². The van der Waals surface area contributed by atoms with Crippen molar-refractivity contribution < 1.29 is 28.7 Å². The molecule has 98 valence electrons. The van der Waals surface area contributed by atoms with Crippen molar-refractivity contribution in [1.29, 1.82) is 0 Å². The summed E-state index contributed by atoms with van der Waals surface area (Å²) in [5.74, 6) is 6.62. The molecule has 0 spiro atoms. The zero-order valence-corrected chi connectivity index (χ0v) is 10.2. The molecule has 0 atom stereocenters. The topological polar surface area (TPSA) is 134 Å². The molecule has 0 radical (unpaired) electrons. The van der Waals surface area contributed by atoms with Gasteiger partial charge >= 0.3 is 7.82 Å². The fourth-order valence-electron chi connectivity index (χ4n) is 0.993. The predicted molar refractivity (Wildman–Crippen MR) is 61.6 cm³/mol. The Bertz CT molecular complexity index is 363. The van der Waals surface area contributed by atoms with Crippen molar-refractivity contribution in [3.63, 3.8) is 0 Å². The van der Waals surface area contributed by atoms with E-state index < -0.39 is 7.82 Å². The Morgan fingerprint density at radius 1 is 1.18 bits per heavy atom. The Labute approximate surface area is 98.2 Å². The van der Waals surface area contributed by atoms with E-state index in [-0.39, 0.29) is 0 Å². The minimum absolute atomic E-state index is 0.655. The Balaban J connectivity index is 0.000000437. The number of hydrogen-bond donors (Lipinski definition) is 5. The highest BCUT2D eigenvalue weighted by atomic mass is 31.2. The summed E-state index contributed by atoms with van der Waals surface area (Å²) in [6.07, 6.45) is 0. The van der Waals surface area contributed by atoms with Gasteiger partial charge in [-0.1, -0.05) is 6.07 Å². The second-order valence-electron chi connectivity index (χ2n) is 2.70. The molecule has 0 aliphatic rings. The van der Waals surface area contributed by atoms with Gasteiger partial charge in [0.05, 0.1) is 14.2 Å². The molecular formula is C8H15N2O6P. The van der Waals surface area contributed by atoms with Gasteiger partial charge in [-0.3, -0.25) is 5.84 Å². The molecule has 0 aliphatic carbocycles. The van der Waals surface area contributed by atoms with Crippen LogP contribution in [0.25, 0.3) is 0 Å². The van der Waals surface area contributed by atoms with Crippen LogP contribution in [0.5, 0.6) is 11.5 Å². The lowest BCUT2D eigenvalue weighted by Crippen LogP contribution is -2.09. The largest absolute Gasteiger partial charge is 0.494 e. The molecular weight excluding hydrogens is 251 g/mol. The third-order valence-corrected chi connectivity index (χ3v) is 1.57. The van der Waals surface area contributed by atoms with Gasteiger partial charge in [0, 0.05) is 0 Å². The van der Waals surface area contributed by atoms with Crippen LogP contribution in [0.4, 0.5) is 5.69 Å². The molecule has 0 unspecified atom stereocenters. The second-order valence-corrected chi connectivity index (χ2v) is 3.72. The predicted octanol–water partition coefficient (Wildman–Crippen LogP) is 0.0608. The zero-order valence-electron chi connectivity index (χ0n) is 9.32. The summed E-state index contributed by atoms with van der Waals surface area (Å²) >= 11 is 0. The molecule has 0 amide bonds. The van der Waals surface area contributed by atoms with Crippen molar-refractivity contribution in [3.05, 3.63) is 18.2 Å². The Kier molecular flexibility index (Phi) is 6.55. The summed E-state index contributed by atoms with van der Waals surface area (Å²) in [7, 11) is -1.48. The second kappa shape index (κ2) is 7.10. The van der Waals surface area contributed by atoms with E-state index in [9.17, 15) is 0 Å². The third-order valence-electron chi connectivity index (χ3n) is 1.57. The smallest absolute Gasteiger partial charge is 0.466 e. The standard InChI is InChI=1S/C8H12N2O2.H3O4P/c1-11-6-4-3-5-7(12-2)8(6)10-9;1-5(2,3)4/h3-5,10H,9H2,1-2H3;(H3,1,2,3,4). The highest BCUT2D eigenvalue weighted by molar-refractivity contribution is 7.45. The van der Waals surface area contributed by atoms with Gasteiger partial charge in [-0.05, 0) is 12.1 Å². The number of nitrogens with one attached hydrogen (secondary N) is 1. The molecule has 8 nitrogen and oxygen atoms in total. The van der Waals surface area contributed by atoms with Crippen LogP contribution < -0.4 is 20.7 Å². The number of para-hydroxylation sites is 1. The summed E-state index contributed by atoms with van der Waals surface area (Å²) in [5.41, 5.74) is 3.17. The van der Waals surface area contributed by atoms with Crippen molar-refractivity contribution in [2.24, 2.45) is 5.84 Å². The molecule has 1 aromatic carbocycles. The number of nitrogens with two attached hydrogens (primary N) is 1. The fourth-order valence-corrected chi connectivity index (χ4v) is 0.993. The lowest BCUT2D eigenvalue weighted by atomic mass is 10.3. The van der Waals surface area contributed by atoms with Crippen molar-refractivity contribution in [1.82, 2.24) is 0 Å². The number of nitrogen functional groups attached to an aromatic ring is 1. The maximum atomic E-state index is 8.88. The number of phosphoric acid groups is 1. The average Bonchev–Trinajstić information content (AvgIpc) is 2.25. The molecule has 0 saturated heterocycles. The number of rotatable bonds is 3. The van der Waals surface area contributed by atoms with Crippen LogP contribution in [0.1, 0.15) is 0 Å². The molecule has 9 heteroatoms. The van der Waals surface area contributed by atoms with Gasteiger partial charge in [-0.25, -0.2) is 4.57 Å². The van der Waals surface area contributed by atoms with Crippen LogP contribution in [0.2, 0.25) is 0 Å². The summed E-state index contributed by atoms with van der Waals surface area (Å²) in [5, 5.41) is 0. The summed E-state index contributed by atoms with van der Waals surface area (Å²) in [4.78, 5) is 21.6. The van der Waals surface area contributed by atoms with Crippen molar-refractivity contribution in [2.75, 3.05) is 19.6 Å². The van der Waals surface area contributed by atoms with Gasteiger partial charge < -0.3 is 29.6 Å². The molecule has 17 heavy (non-hydrogen) atoms. The number of hydrogen-bond acceptors (Lipinski definition) is 5. The average molecular weight is 266 g/mol. The normalized spacial score (nSPS) is 10.0. The first kappa shape index (κ1) is 15.7. The summed E-state index contributed by atoms with van der Waals surface area (Å²) in [6.45, 7) is 0. The van der Waals surface area contributed by atoms with E-state index in [1.54, 1.807) is 26.4 Å². The summed E-state index contributed by atoms with van der Waals surface area (Å²) in [6, 6.07) is 5.44. The number of ether oxygens (including phenoxy) is 2. The van der Waals surface area contributed by atoms with E-state index in [4.69, 9.17) is 34.6 Å². The van der Waals surface area contributed by atoms with E-state index in [0.29, 0.717) is 17.2 Å². The van der Waals surface area contributed by atoms with Gasteiger partial charge in [0.25, 0.3) is 0 Å². The Morgan fingerprint density at radius 3 is 1.76 bits per heavy atom. The van der Waals surface area contributed by atoms with Crippen LogP contribution in [-0.4, -0.2) is 28.9 Å². The Hall–Kier alpha value is -1.31. The van der Waals surface area contributed by atoms with Crippen molar-refractivity contribution in [2.45, 2.75) is 0 Å². The minimum Gasteiger partial charge on any atom is -0.494 e. The van der Waals surface area contributed by atoms with E-state index in [2.05, 4.69) is 5.43 Å². The van der Waals surface area contributed by atoms with Gasteiger partial charge in [-0.2, -0.15) is 0 Å². The monoisotopic (exact) mass is 266 g/mol. The van der Waals surface area contributed by atoms with Crippen LogP contribution in [-0.2, 0) is 4.57 Å². The van der Waals surface area contributed by atoms with Crippen LogP contribution in [0, 0.1) is 0 Å². The van der Waals surface area contributed by atoms with Crippen molar-refractivity contribution in [3.8, 4) is 11.5 Å². The highest BCUT2D eigenvalue weighted by Crippen LogP contribution is 2.32. The van der Waals surface area contributed by atoms with Crippen LogP contribution in [0.3, 0.4) is 0 Å².